The lowest BCUT2D eigenvalue weighted by Gasteiger charge is -2.26. The number of hydrogen-bond acceptors (Lipinski definition) is 0. The van der Waals surface area contributed by atoms with Crippen LogP contribution < -0.4 is 0 Å². The fraction of sp³-hybridized carbons (Fsp3) is 0.417. The van der Waals surface area contributed by atoms with Gasteiger partial charge in [0.15, 0.2) is 0 Å². The first kappa shape index (κ1) is 9.26. The van der Waals surface area contributed by atoms with E-state index in [2.05, 4.69) is 46.3 Å². The standard InChI is InChI=1S/C12H14Br/c13-12-9-5-4-8-11(12)10-6-2-1-3-7-10/h1-3,6-7,12H,4-5,8-9H2. The van der Waals surface area contributed by atoms with Gasteiger partial charge in [-0.1, -0.05) is 59.1 Å². The molecule has 0 heterocycles. The van der Waals surface area contributed by atoms with Crippen molar-refractivity contribution >= 4 is 15.9 Å². The summed E-state index contributed by atoms with van der Waals surface area (Å²) in [5, 5.41) is 0. The molecule has 2 rings (SSSR count). The van der Waals surface area contributed by atoms with Crippen molar-refractivity contribution in [2.75, 3.05) is 0 Å². The molecule has 0 saturated heterocycles. The lowest BCUT2D eigenvalue weighted by molar-refractivity contribution is 0.567. The Morgan fingerprint density at radius 2 is 1.85 bits per heavy atom. The van der Waals surface area contributed by atoms with E-state index in [4.69, 9.17) is 0 Å². The highest BCUT2D eigenvalue weighted by Gasteiger charge is 2.24. The van der Waals surface area contributed by atoms with Crippen molar-refractivity contribution in [1.29, 1.82) is 0 Å². The van der Waals surface area contributed by atoms with Gasteiger partial charge in [-0.25, -0.2) is 0 Å². The molecule has 0 aliphatic heterocycles. The predicted octanol–water partition coefficient (Wildman–Crippen LogP) is 3.95. The summed E-state index contributed by atoms with van der Waals surface area (Å²) in [7, 11) is 0. The first-order valence-corrected chi connectivity index (χ1v) is 5.85. The normalized spacial score (nSPS) is 24.5. The Hall–Kier alpha value is -0.300. The fourth-order valence-electron chi connectivity index (χ4n) is 1.95. The van der Waals surface area contributed by atoms with Gasteiger partial charge in [-0.3, -0.25) is 0 Å². The molecule has 1 atom stereocenters. The van der Waals surface area contributed by atoms with Crippen LogP contribution in [0.15, 0.2) is 30.3 Å². The van der Waals surface area contributed by atoms with Crippen LogP contribution in [-0.2, 0) is 0 Å². The summed E-state index contributed by atoms with van der Waals surface area (Å²) < 4.78 is 0. The molecule has 1 heteroatoms. The van der Waals surface area contributed by atoms with Crippen LogP contribution in [0, 0.1) is 5.92 Å². The van der Waals surface area contributed by atoms with Gasteiger partial charge in [0.25, 0.3) is 0 Å². The summed E-state index contributed by atoms with van der Waals surface area (Å²) in [6, 6.07) is 10.8. The van der Waals surface area contributed by atoms with E-state index in [1.807, 2.05) is 0 Å². The van der Waals surface area contributed by atoms with Crippen LogP contribution in [0.2, 0.25) is 0 Å². The van der Waals surface area contributed by atoms with Crippen molar-refractivity contribution < 1.29 is 0 Å². The first-order chi connectivity index (χ1) is 6.38. The molecule has 1 unspecified atom stereocenters. The number of alkyl halides is 1. The topological polar surface area (TPSA) is 0 Å². The Kier molecular flexibility index (Phi) is 3.05. The van der Waals surface area contributed by atoms with Crippen molar-refractivity contribution in [3.05, 3.63) is 41.8 Å². The summed E-state index contributed by atoms with van der Waals surface area (Å²) in [5.74, 6) is 1.59. The lowest BCUT2D eigenvalue weighted by atomic mass is 9.84. The van der Waals surface area contributed by atoms with Crippen molar-refractivity contribution in [3.8, 4) is 0 Å². The summed E-state index contributed by atoms with van der Waals surface area (Å²) in [6.07, 6.45) is 5.28. The van der Waals surface area contributed by atoms with Gasteiger partial charge >= 0.3 is 0 Å². The van der Waals surface area contributed by atoms with Gasteiger partial charge in [-0.05, 0) is 18.4 Å². The highest BCUT2D eigenvalue weighted by atomic mass is 79.9. The first-order valence-electron chi connectivity index (χ1n) is 4.93. The fourth-order valence-corrected chi connectivity index (χ4v) is 2.76. The molecular formula is C12H14Br. The number of benzene rings is 1. The highest BCUT2D eigenvalue weighted by molar-refractivity contribution is 9.09. The van der Waals surface area contributed by atoms with Crippen molar-refractivity contribution in [2.24, 2.45) is 0 Å². The Morgan fingerprint density at radius 3 is 2.54 bits per heavy atom. The smallest absolute Gasteiger partial charge is 0.0251 e. The van der Waals surface area contributed by atoms with Crippen LogP contribution in [0.4, 0.5) is 0 Å². The van der Waals surface area contributed by atoms with E-state index in [-0.39, 0.29) is 0 Å². The third-order valence-corrected chi connectivity index (χ3v) is 3.69. The molecule has 69 valence electrons. The molecule has 0 nitrogen and oxygen atoms in total. The van der Waals surface area contributed by atoms with E-state index in [1.54, 1.807) is 5.92 Å². The lowest BCUT2D eigenvalue weighted by Crippen LogP contribution is -2.17. The van der Waals surface area contributed by atoms with Gasteiger partial charge in [0, 0.05) is 10.7 Å². The molecule has 0 spiro atoms. The molecule has 0 aromatic heterocycles. The van der Waals surface area contributed by atoms with Crippen molar-refractivity contribution in [1.82, 2.24) is 0 Å². The van der Waals surface area contributed by atoms with Gasteiger partial charge in [-0.2, -0.15) is 0 Å². The van der Waals surface area contributed by atoms with E-state index in [1.165, 1.54) is 31.2 Å². The maximum Gasteiger partial charge on any atom is 0.0251 e. The number of rotatable bonds is 1. The zero-order valence-corrected chi connectivity index (χ0v) is 9.26. The molecule has 1 aromatic carbocycles. The average Bonchev–Trinajstić information content (AvgIpc) is 2.20. The van der Waals surface area contributed by atoms with Gasteiger partial charge in [0.2, 0.25) is 0 Å². The third-order valence-electron chi connectivity index (χ3n) is 2.68. The number of hydrogen-bond donors (Lipinski definition) is 0. The maximum atomic E-state index is 3.75. The monoisotopic (exact) mass is 237 g/mol. The zero-order chi connectivity index (χ0) is 9.10. The van der Waals surface area contributed by atoms with Gasteiger partial charge < -0.3 is 0 Å². The molecule has 1 saturated carbocycles. The molecule has 0 bridgehead atoms. The van der Waals surface area contributed by atoms with E-state index >= 15 is 0 Å². The van der Waals surface area contributed by atoms with Crippen LogP contribution in [0.1, 0.15) is 31.2 Å². The van der Waals surface area contributed by atoms with Crippen LogP contribution in [0.5, 0.6) is 0 Å². The minimum absolute atomic E-state index is 0.614. The van der Waals surface area contributed by atoms with Crippen molar-refractivity contribution in [3.63, 3.8) is 0 Å². The third kappa shape index (κ3) is 2.14. The average molecular weight is 238 g/mol. The predicted molar refractivity (Wildman–Crippen MR) is 60.0 cm³/mol. The Bertz CT molecular complexity index is 255. The molecule has 1 aliphatic rings. The SMILES string of the molecule is BrC1CCCC[C]1c1ccccc1. The summed E-state index contributed by atoms with van der Waals surface area (Å²) in [6.45, 7) is 0. The second kappa shape index (κ2) is 4.28. The minimum atomic E-state index is 0.614. The van der Waals surface area contributed by atoms with Gasteiger partial charge in [0.05, 0.1) is 0 Å². The summed E-state index contributed by atoms with van der Waals surface area (Å²) in [4.78, 5) is 0.614. The van der Waals surface area contributed by atoms with Gasteiger partial charge in [0.1, 0.15) is 0 Å². The second-order valence-corrected chi connectivity index (χ2v) is 4.71. The number of halogens is 1. The molecule has 1 aliphatic carbocycles. The largest absolute Gasteiger partial charge is 0.0881 e. The van der Waals surface area contributed by atoms with Crippen LogP contribution >= 0.6 is 15.9 Å². The summed E-state index contributed by atoms with van der Waals surface area (Å²) in [5.41, 5.74) is 1.42. The molecular weight excluding hydrogens is 224 g/mol. The molecule has 1 radical (unpaired) electrons. The molecule has 1 fully saturated rings. The molecule has 13 heavy (non-hydrogen) atoms. The van der Waals surface area contributed by atoms with E-state index < -0.39 is 0 Å². The van der Waals surface area contributed by atoms with Crippen molar-refractivity contribution in [2.45, 2.75) is 30.5 Å². The Morgan fingerprint density at radius 1 is 1.08 bits per heavy atom. The maximum absolute atomic E-state index is 3.75. The van der Waals surface area contributed by atoms with Gasteiger partial charge in [-0.15, -0.1) is 0 Å². The van der Waals surface area contributed by atoms with E-state index in [0.29, 0.717) is 4.83 Å². The molecule has 0 amide bonds. The highest BCUT2D eigenvalue weighted by Crippen LogP contribution is 2.36. The second-order valence-electron chi connectivity index (χ2n) is 3.60. The Balaban J connectivity index is 2.15. The zero-order valence-electron chi connectivity index (χ0n) is 7.67. The van der Waals surface area contributed by atoms with E-state index in [0.717, 1.165) is 0 Å². The van der Waals surface area contributed by atoms with E-state index in [9.17, 15) is 0 Å². The quantitative estimate of drug-likeness (QED) is 0.650. The van der Waals surface area contributed by atoms with Crippen LogP contribution in [0.3, 0.4) is 0 Å². The Labute approximate surface area is 88.5 Å². The van der Waals surface area contributed by atoms with Crippen LogP contribution in [0.25, 0.3) is 0 Å². The minimum Gasteiger partial charge on any atom is -0.0881 e. The molecule has 0 N–H and O–H groups in total. The summed E-state index contributed by atoms with van der Waals surface area (Å²) >= 11 is 3.75. The molecule has 1 aromatic rings. The van der Waals surface area contributed by atoms with Crippen LogP contribution in [-0.4, -0.2) is 4.83 Å².